The third kappa shape index (κ3) is 2.77. The van der Waals surface area contributed by atoms with E-state index in [1.54, 1.807) is 18.2 Å². The highest BCUT2D eigenvalue weighted by atomic mass is 35.5. The Kier molecular flexibility index (Phi) is 3.98. The predicted octanol–water partition coefficient (Wildman–Crippen LogP) is 2.03. The highest BCUT2D eigenvalue weighted by Gasteiger charge is 2.16. The molecule has 0 fully saturated rings. The number of anilines is 1. The van der Waals surface area contributed by atoms with E-state index in [2.05, 4.69) is 5.32 Å². The third-order valence-electron chi connectivity index (χ3n) is 1.82. The van der Waals surface area contributed by atoms with E-state index in [4.69, 9.17) is 34.3 Å². The van der Waals surface area contributed by atoms with Gasteiger partial charge in [0, 0.05) is 7.05 Å². The number of nitrogens with one attached hydrogen (secondary N) is 2. The van der Waals surface area contributed by atoms with Crippen LogP contribution in [-0.2, 0) is 0 Å². The summed E-state index contributed by atoms with van der Waals surface area (Å²) in [5.74, 6) is -0.444. The third-order valence-corrected chi connectivity index (χ3v) is 2.43. The number of hydrogen-bond donors (Lipinski definition) is 3. The van der Waals surface area contributed by atoms with Crippen LogP contribution < -0.4 is 16.0 Å². The van der Waals surface area contributed by atoms with Crippen molar-refractivity contribution in [3.63, 3.8) is 0 Å². The van der Waals surface area contributed by atoms with E-state index in [0.29, 0.717) is 15.7 Å². The van der Waals surface area contributed by atoms with E-state index in [-0.39, 0.29) is 0 Å². The highest BCUT2D eigenvalue weighted by Crippen LogP contribution is 2.32. The molecule has 0 bridgehead atoms. The molecule has 0 aliphatic carbocycles. The minimum Gasteiger partial charge on any atom is -0.370 e. The van der Waals surface area contributed by atoms with Gasteiger partial charge in [0.05, 0.1) is 15.7 Å². The van der Waals surface area contributed by atoms with Crippen molar-refractivity contribution in [1.29, 1.82) is 5.41 Å². The van der Waals surface area contributed by atoms with Crippen molar-refractivity contribution in [1.82, 2.24) is 5.32 Å². The monoisotopic (exact) mass is 260 g/mol. The lowest BCUT2D eigenvalue weighted by atomic mass is 10.3. The van der Waals surface area contributed by atoms with Crippen LogP contribution in [0.15, 0.2) is 18.2 Å². The van der Waals surface area contributed by atoms with Gasteiger partial charge < -0.3 is 5.73 Å². The topological polar surface area (TPSA) is 82.2 Å². The normalized spacial score (nSPS) is 9.69. The number of guanidine groups is 1. The number of halogens is 2. The molecule has 0 heterocycles. The maximum Gasteiger partial charge on any atom is 0.328 e. The van der Waals surface area contributed by atoms with E-state index in [1.165, 1.54) is 11.9 Å². The summed E-state index contributed by atoms with van der Waals surface area (Å²) in [7, 11) is 1.48. The van der Waals surface area contributed by atoms with Crippen LogP contribution in [-0.4, -0.2) is 19.0 Å². The van der Waals surface area contributed by atoms with E-state index >= 15 is 0 Å². The Hall–Kier alpha value is -1.46. The van der Waals surface area contributed by atoms with Gasteiger partial charge in [0.25, 0.3) is 0 Å². The molecule has 0 atom stereocenters. The van der Waals surface area contributed by atoms with Crippen molar-refractivity contribution in [2.75, 3.05) is 11.9 Å². The minimum atomic E-state index is -0.581. The summed E-state index contributed by atoms with van der Waals surface area (Å²) in [5, 5.41) is 9.75. The number of carbonyl (C=O) groups is 1. The van der Waals surface area contributed by atoms with Crippen molar-refractivity contribution in [3.05, 3.63) is 28.2 Å². The number of rotatable bonds is 1. The maximum absolute atomic E-state index is 11.5. The molecule has 1 aromatic rings. The molecule has 0 aliphatic rings. The van der Waals surface area contributed by atoms with Crippen molar-refractivity contribution in [2.24, 2.45) is 5.73 Å². The Balaban J connectivity index is 3.00. The fourth-order valence-electron chi connectivity index (χ4n) is 1.11. The molecule has 1 aromatic carbocycles. The molecule has 0 aliphatic heterocycles. The zero-order chi connectivity index (χ0) is 12.3. The van der Waals surface area contributed by atoms with Gasteiger partial charge in [0.15, 0.2) is 5.96 Å². The molecule has 5 nitrogen and oxygen atoms in total. The first-order chi connectivity index (χ1) is 7.43. The number of para-hydroxylation sites is 1. The number of nitrogens with zero attached hydrogens (tertiary/aromatic N) is 1. The molecule has 0 saturated carbocycles. The molecule has 0 unspecified atom stereocenters. The van der Waals surface area contributed by atoms with Crippen LogP contribution in [0.1, 0.15) is 0 Å². The van der Waals surface area contributed by atoms with Crippen molar-refractivity contribution in [2.45, 2.75) is 0 Å². The van der Waals surface area contributed by atoms with Crippen LogP contribution in [0.2, 0.25) is 10.0 Å². The van der Waals surface area contributed by atoms with Crippen LogP contribution in [0.5, 0.6) is 0 Å². The fourth-order valence-corrected chi connectivity index (χ4v) is 1.76. The molecular weight excluding hydrogens is 251 g/mol. The Labute approximate surface area is 103 Å². The summed E-state index contributed by atoms with van der Waals surface area (Å²) >= 11 is 11.8. The standard InChI is InChI=1S/C9H10Cl2N4O/c1-15(9(16)14-8(12)13)7-5(10)3-2-4-6(7)11/h2-4H,1H3,(H4,12,13,14,16). The molecule has 4 N–H and O–H groups in total. The minimum absolute atomic E-state index is 0.341. The second-order valence-corrected chi connectivity index (χ2v) is 3.79. The first-order valence-corrected chi connectivity index (χ1v) is 5.02. The lowest BCUT2D eigenvalue weighted by Gasteiger charge is -2.19. The van der Waals surface area contributed by atoms with E-state index in [9.17, 15) is 4.79 Å². The summed E-state index contributed by atoms with van der Waals surface area (Å²) < 4.78 is 0. The number of amides is 2. The molecule has 1 rings (SSSR count). The predicted molar refractivity (Wildman–Crippen MR) is 65.3 cm³/mol. The second-order valence-electron chi connectivity index (χ2n) is 2.97. The van der Waals surface area contributed by atoms with Crippen LogP contribution in [0.3, 0.4) is 0 Å². The first kappa shape index (κ1) is 12.6. The Morgan fingerprint density at radius 1 is 1.44 bits per heavy atom. The summed E-state index contributed by atoms with van der Waals surface area (Å²) in [6, 6.07) is 4.31. The smallest absolute Gasteiger partial charge is 0.328 e. The molecule has 16 heavy (non-hydrogen) atoms. The largest absolute Gasteiger partial charge is 0.370 e. The van der Waals surface area contributed by atoms with Gasteiger partial charge in [-0.15, -0.1) is 0 Å². The summed E-state index contributed by atoms with van der Waals surface area (Å²) in [4.78, 5) is 12.7. The van der Waals surface area contributed by atoms with Crippen molar-refractivity contribution < 1.29 is 4.79 Å². The van der Waals surface area contributed by atoms with Gasteiger partial charge in [-0.3, -0.25) is 15.6 Å². The molecule has 2 amide bonds. The first-order valence-electron chi connectivity index (χ1n) is 4.26. The maximum atomic E-state index is 11.5. The Morgan fingerprint density at radius 3 is 2.38 bits per heavy atom. The number of benzene rings is 1. The quantitative estimate of drug-likeness (QED) is 0.534. The van der Waals surface area contributed by atoms with Gasteiger partial charge in [-0.05, 0) is 12.1 Å². The van der Waals surface area contributed by atoms with Gasteiger partial charge in [0.2, 0.25) is 0 Å². The molecule has 0 radical (unpaired) electrons. The highest BCUT2D eigenvalue weighted by molar-refractivity contribution is 6.39. The Bertz CT molecular complexity index is 415. The van der Waals surface area contributed by atoms with Crippen LogP contribution in [0.4, 0.5) is 10.5 Å². The average molecular weight is 261 g/mol. The molecular formula is C9H10Cl2N4O. The molecule has 86 valence electrons. The van der Waals surface area contributed by atoms with E-state index < -0.39 is 12.0 Å². The molecule has 0 spiro atoms. The van der Waals surface area contributed by atoms with Crippen molar-refractivity contribution >= 4 is 40.9 Å². The number of nitrogens with two attached hydrogens (primary N) is 1. The number of urea groups is 1. The number of carbonyl (C=O) groups excluding carboxylic acids is 1. The van der Waals surface area contributed by atoms with Gasteiger partial charge in [-0.2, -0.15) is 0 Å². The lowest BCUT2D eigenvalue weighted by molar-refractivity contribution is 0.251. The average Bonchev–Trinajstić information content (AvgIpc) is 2.16. The van der Waals surface area contributed by atoms with E-state index in [0.717, 1.165) is 0 Å². The molecule has 7 heteroatoms. The van der Waals surface area contributed by atoms with Crippen molar-refractivity contribution in [3.8, 4) is 0 Å². The number of hydrogen-bond acceptors (Lipinski definition) is 2. The van der Waals surface area contributed by atoms with Gasteiger partial charge in [0.1, 0.15) is 0 Å². The zero-order valence-electron chi connectivity index (χ0n) is 8.42. The van der Waals surface area contributed by atoms with Crippen LogP contribution in [0, 0.1) is 5.41 Å². The lowest BCUT2D eigenvalue weighted by Crippen LogP contribution is -2.44. The zero-order valence-corrected chi connectivity index (χ0v) is 9.93. The van der Waals surface area contributed by atoms with Gasteiger partial charge in [-0.1, -0.05) is 29.3 Å². The molecule has 0 saturated heterocycles. The second kappa shape index (κ2) is 5.05. The Morgan fingerprint density at radius 2 is 1.94 bits per heavy atom. The summed E-state index contributed by atoms with van der Waals surface area (Å²) in [6.07, 6.45) is 0. The summed E-state index contributed by atoms with van der Waals surface area (Å²) in [5.41, 5.74) is 5.41. The van der Waals surface area contributed by atoms with Crippen LogP contribution >= 0.6 is 23.2 Å². The van der Waals surface area contributed by atoms with Gasteiger partial charge >= 0.3 is 6.03 Å². The van der Waals surface area contributed by atoms with Crippen LogP contribution in [0.25, 0.3) is 0 Å². The van der Waals surface area contributed by atoms with E-state index in [1.807, 2.05) is 0 Å². The molecule has 0 aromatic heterocycles. The fraction of sp³-hybridized carbons (Fsp3) is 0.111. The summed E-state index contributed by atoms with van der Waals surface area (Å²) in [6.45, 7) is 0. The van der Waals surface area contributed by atoms with Gasteiger partial charge in [-0.25, -0.2) is 4.79 Å². The SMILES string of the molecule is CN(C(=O)NC(=N)N)c1c(Cl)cccc1Cl.